The van der Waals surface area contributed by atoms with Crippen LogP contribution in [0.5, 0.6) is 5.88 Å². The standard InChI is InChI=1S/C10H15N3O3S/c1-16-10-3-2-9(6-12-10)17(14,15)13-8-4-7(11)5-8/h2-3,6-8,13H,4-5,11H2,1H3. The molecular formula is C10H15N3O3S. The number of aromatic nitrogens is 1. The predicted molar refractivity (Wildman–Crippen MR) is 62.1 cm³/mol. The summed E-state index contributed by atoms with van der Waals surface area (Å²) in [5.41, 5.74) is 5.60. The highest BCUT2D eigenvalue weighted by Crippen LogP contribution is 2.20. The van der Waals surface area contributed by atoms with Gasteiger partial charge in [-0.25, -0.2) is 18.1 Å². The number of rotatable bonds is 4. The molecule has 3 N–H and O–H groups in total. The van der Waals surface area contributed by atoms with Gasteiger partial charge in [0, 0.05) is 18.2 Å². The Morgan fingerprint density at radius 2 is 2.18 bits per heavy atom. The molecule has 0 atom stereocenters. The second-order valence-electron chi connectivity index (χ2n) is 4.09. The van der Waals surface area contributed by atoms with Crippen LogP contribution >= 0.6 is 0 Å². The first-order valence-electron chi connectivity index (χ1n) is 5.29. The number of nitrogens with one attached hydrogen (secondary N) is 1. The van der Waals surface area contributed by atoms with Crippen molar-refractivity contribution < 1.29 is 13.2 Å². The Bertz CT molecular complexity index is 480. The number of nitrogens with two attached hydrogens (primary N) is 1. The van der Waals surface area contributed by atoms with Gasteiger partial charge in [0.1, 0.15) is 4.90 Å². The van der Waals surface area contributed by atoms with Crippen LogP contribution in [0.25, 0.3) is 0 Å². The zero-order chi connectivity index (χ0) is 12.5. The number of hydrogen-bond donors (Lipinski definition) is 2. The van der Waals surface area contributed by atoms with Gasteiger partial charge in [-0.1, -0.05) is 0 Å². The van der Waals surface area contributed by atoms with Gasteiger partial charge in [-0.05, 0) is 18.9 Å². The summed E-state index contributed by atoms with van der Waals surface area (Å²) in [4.78, 5) is 4.00. The lowest BCUT2D eigenvalue weighted by molar-refractivity contribution is 0.327. The van der Waals surface area contributed by atoms with Crippen molar-refractivity contribution in [3.05, 3.63) is 18.3 Å². The van der Waals surface area contributed by atoms with Gasteiger partial charge in [-0.2, -0.15) is 0 Å². The molecule has 17 heavy (non-hydrogen) atoms. The van der Waals surface area contributed by atoms with E-state index in [4.69, 9.17) is 10.5 Å². The predicted octanol–water partition coefficient (Wildman–Crippen LogP) is -0.142. The Labute approximate surface area is 100 Å². The second-order valence-corrected chi connectivity index (χ2v) is 5.80. The Morgan fingerprint density at radius 3 is 2.65 bits per heavy atom. The number of hydrogen-bond acceptors (Lipinski definition) is 5. The van der Waals surface area contributed by atoms with E-state index in [1.54, 1.807) is 0 Å². The molecule has 0 unspecified atom stereocenters. The van der Waals surface area contributed by atoms with Crippen molar-refractivity contribution in [2.75, 3.05) is 7.11 Å². The summed E-state index contributed by atoms with van der Waals surface area (Å²) in [6.45, 7) is 0. The van der Waals surface area contributed by atoms with Crippen molar-refractivity contribution in [2.45, 2.75) is 29.8 Å². The molecule has 7 heteroatoms. The fraction of sp³-hybridized carbons (Fsp3) is 0.500. The third-order valence-electron chi connectivity index (χ3n) is 2.72. The topological polar surface area (TPSA) is 94.3 Å². The summed E-state index contributed by atoms with van der Waals surface area (Å²) in [7, 11) is -2.02. The summed E-state index contributed by atoms with van der Waals surface area (Å²) in [6, 6.07) is 3.03. The zero-order valence-corrected chi connectivity index (χ0v) is 10.3. The van der Waals surface area contributed by atoms with Crippen LogP contribution < -0.4 is 15.2 Å². The van der Waals surface area contributed by atoms with E-state index in [-0.39, 0.29) is 17.0 Å². The van der Waals surface area contributed by atoms with Crippen molar-refractivity contribution in [2.24, 2.45) is 5.73 Å². The van der Waals surface area contributed by atoms with Crippen LogP contribution in [-0.4, -0.2) is 32.6 Å². The highest BCUT2D eigenvalue weighted by molar-refractivity contribution is 7.89. The van der Waals surface area contributed by atoms with Crippen LogP contribution in [0.1, 0.15) is 12.8 Å². The van der Waals surface area contributed by atoms with E-state index in [0.29, 0.717) is 18.7 Å². The Hall–Kier alpha value is -1.18. The van der Waals surface area contributed by atoms with Crippen molar-refractivity contribution in [1.29, 1.82) is 0 Å². The summed E-state index contributed by atoms with van der Waals surface area (Å²) in [5, 5.41) is 0. The van der Waals surface area contributed by atoms with Crippen molar-refractivity contribution in [3.63, 3.8) is 0 Å². The highest BCUT2D eigenvalue weighted by Gasteiger charge is 2.30. The van der Waals surface area contributed by atoms with E-state index in [1.807, 2.05) is 0 Å². The summed E-state index contributed by atoms with van der Waals surface area (Å²) in [5.74, 6) is 0.384. The van der Waals surface area contributed by atoms with E-state index < -0.39 is 10.0 Å². The summed E-state index contributed by atoms with van der Waals surface area (Å²) >= 11 is 0. The molecule has 1 aromatic rings. The molecule has 1 aliphatic carbocycles. The Morgan fingerprint density at radius 1 is 1.47 bits per heavy atom. The average molecular weight is 257 g/mol. The van der Waals surface area contributed by atoms with Crippen LogP contribution in [0.4, 0.5) is 0 Å². The molecule has 1 heterocycles. The fourth-order valence-corrected chi connectivity index (χ4v) is 2.90. The Kier molecular flexibility index (Phi) is 3.32. The quantitative estimate of drug-likeness (QED) is 0.782. The molecule has 0 spiro atoms. The van der Waals surface area contributed by atoms with E-state index in [1.165, 1.54) is 25.4 Å². The number of nitrogens with zero attached hydrogens (tertiary/aromatic N) is 1. The Balaban J connectivity index is 2.08. The third kappa shape index (κ3) is 2.74. The lowest BCUT2D eigenvalue weighted by Crippen LogP contribution is -2.50. The molecule has 0 radical (unpaired) electrons. The van der Waals surface area contributed by atoms with Crippen molar-refractivity contribution in [3.8, 4) is 5.88 Å². The number of methoxy groups -OCH3 is 1. The van der Waals surface area contributed by atoms with Gasteiger partial charge in [-0.15, -0.1) is 0 Å². The summed E-state index contributed by atoms with van der Waals surface area (Å²) < 4.78 is 31.3. The van der Waals surface area contributed by atoms with Crippen molar-refractivity contribution >= 4 is 10.0 Å². The normalized spacial score (nSPS) is 24.1. The van der Waals surface area contributed by atoms with Gasteiger partial charge in [0.05, 0.1) is 13.3 Å². The number of sulfonamides is 1. The van der Waals surface area contributed by atoms with Gasteiger partial charge in [0.2, 0.25) is 15.9 Å². The molecule has 0 saturated heterocycles. The lowest BCUT2D eigenvalue weighted by Gasteiger charge is -2.32. The minimum absolute atomic E-state index is 0.0582. The molecule has 94 valence electrons. The largest absolute Gasteiger partial charge is 0.481 e. The molecule has 2 rings (SSSR count). The molecule has 1 saturated carbocycles. The van der Waals surface area contributed by atoms with Crippen LogP contribution in [0.3, 0.4) is 0 Å². The smallest absolute Gasteiger partial charge is 0.242 e. The number of pyridine rings is 1. The van der Waals surface area contributed by atoms with E-state index >= 15 is 0 Å². The van der Waals surface area contributed by atoms with Crippen LogP contribution in [-0.2, 0) is 10.0 Å². The maximum Gasteiger partial charge on any atom is 0.242 e. The molecule has 0 bridgehead atoms. The minimum atomic E-state index is -3.49. The fourth-order valence-electron chi connectivity index (χ4n) is 1.69. The third-order valence-corrected chi connectivity index (χ3v) is 4.23. The van der Waals surface area contributed by atoms with Crippen LogP contribution in [0.15, 0.2) is 23.2 Å². The molecule has 1 aromatic heterocycles. The number of ether oxygens (including phenoxy) is 1. The average Bonchev–Trinajstić information content (AvgIpc) is 2.27. The first-order valence-corrected chi connectivity index (χ1v) is 6.77. The SMILES string of the molecule is COc1ccc(S(=O)(=O)NC2CC(N)C2)cn1. The summed E-state index contributed by atoms with van der Waals surface area (Å²) in [6.07, 6.45) is 2.64. The minimum Gasteiger partial charge on any atom is -0.481 e. The lowest BCUT2D eigenvalue weighted by atomic mass is 9.89. The van der Waals surface area contributed by atoms with Crippen LogP contribution in [0, 0.1) is 0 Å². The van der Waals surface area contributed by atoms with Gasteiger partial charge in [0.25, 0.3) is 0 Å². The molecule has 1 aliphatic rings. The molecule has 0 amide bonds. The van der Waals surface area contributed by atoms with E-state index in [2.05, 4.69) is 9.71 Å². The molecule has 0 aromatic carbocycles. The van der Waals surface area contributed by atoms with Crippen LogP contribution in [0.2, 0.25) is 0 Å². The van der Waals surface area contributed by atoms with Gasteiger partial charge >= 0.3 is 0 Å². The highest BCUT2D eigenvalue weighted by atomic mass is 32.2. The molecule has 0 aliphatic heterocycles. The van der Waals surface area contributed by atoms with Gasteiger partial charge in [0.15, 0.2) is 0 Å². The molecule has 6 nitrogen and oxygen atoms in total. The monoisotopic (exact) mass is 257 g/mol. The molecular weight excluding hydrogens is 242 g/mol. The van der Waals surface area contributed by atoms with Gasteiger partial charge < -0.3 is 10.5 Å². The second kappa shape index (κ2) is 4.59. The maximum atomic E-state index is 11.9. The zero-order valence-electron chi connectivity index (χ0n) is 9.46. The van der Waals surface area contributed by atoms with E-state index in [9.17, 15) is 8.42 Å². The van der Waals surface area contributed by atoms with Gasteiger partial charge in [-0.3, -0.25) is 0 Å². The first-order chi connectivity index (χ1) is 8.01. The van der Waals surface area contributed by atoms with E-state index in [0.717, 1.165) is 0 Å². The molecule has 1 fully saturated rings. The first kappa shape index (κ1) is 12.3. The van der Waals surface area contributed by atoms with Crippen molar-refractivity contribution in [1.82, 2.24) is 9.71 Å². The maximum absolute atomic E-state index is 11.9.